The van der Waals surface area contributed by atoms with Crippen LogP contribution in [-0.4, -0.2) is 60.4 Å². The first-order valence-electron chi connectivity index (χ1n) is 10.4. The SMILES string of the molecule is CC(C)OC(=O)[C@H](C)N[P@](=O)(OC[C@H]1OC[C@@H](N2C=CC(=O)CC2=O)O1)Oc1ccccc1. The number of nitrogens with one attached hydrogen (secondary N) is 1. The highest BCUT2D eigenvalue weighted by atomic mass is 31.2. The molecule has 1 N–H and O–H groups in total. The van der Waals surface area contributed by atoms with Gasteiger partial charge in [0.1, 0.15) is 18.4 Å². The number of para-hydroxylation sites is 1. The molecule has 11 nitrogen and oxygen atoms in total. The van der Waals surface area contributed by atoms with E-state index in [0.29, 0.717) is 0 Å². The van der Waals surface area contributed by atoms with Crippen molar-refractivity contribution < 1.29 is 42.2 Å². The van der Waals surface area contributed by atoms with E-state index in [1.165, 1.54) is 24.1 Å². The number of rotatable bonds is 10. The van der Waals surface area contributed by atoms with Gasteiger partial charge < -0.3 is 18.7 Å². The zero-order valence-corrected chi connectivity index (χ0v) is 19.4. The molecule has 3 rings (SSSR count). The summed E-state index contributed by atoms with van der Waals surface area (Å²) in [5.74, 6) is -1.05. The first-order valence-corrected chi connectivity index (χ1v) is 12.0. The van der Waals surface area contributed by atoms with Gasteiger partial charge in [-0.15, -0.1) is 0 Å². The number of amides is 1. The summed E-state index contributed by atoms with van der Waals surface area (Å²) in [6.07, 6.45) is 0.331. The first-order chi connectivity index (χ1) is 15.6. The summed E-state index contributed by atoms with van der Waals surface area (Å²) in [6.45, 7) is 4.59. The van der Waals surface area contributed by atoms with E-state index in [2.05, 4.69) is 5.09 Å². The maximum absolute atomic E-state index is 13.4. The van der Waals surface area contributed by atoms with Crippen molar-refractivity contribution in [3.05, 3.63) is 42.6 Å². The van der Waals surface area contributed by atoms with Crippen molar-refractivity contribution in [2.75, 3.05) is 13.2 Å². The third-order valence-corrected chi connectivity index (χ3v) is 6.13. The zero-order valence-electron chi connectivity index (χ0n) is 18.5. The van der Waals surface area contributed by atoms with Crippen LogP contribution in [0, 0.1) is 0 Å². The van der Waals surface area contributed by atoms with Gasteiger partial charge in [-0.25, -0.2) is 4.57 Å². The van der Waals surface area contributed by atoms with Crippen LogP contribution in [0.3, 0.4) is 0 Å². The van der Waals surface area contributed by atoms with Gasteiger partial charge in [-0.05, 0) is 39.0 Å². The lowest BCUT2D eigenvalue weighted by molar-refractivity contribution is -0.149. The molecule has 1 fully saturated rings. The second-order valence-electron chi connectivity index (χ2n) is 7.65. The Morgan fingerprint density at radius 1 is 1.24 bits per heavy atom. The molecule has 1 aromatic carbocycles. The molecule has 0 aromatic heterocycles. The normalized spacial score (nSPS) is 23.5. The summed E-state index contributed by atoms with van der Waals surface area (Å²) in [6, 6.07) is 7.33. The molecule has 0 spiro atoms. The van der Waals surface area contributed by atoms with Gasteiger partial charge in [0, 0.05) is 6.20 Å². The highest BCUT2D eigenvalue weighted by molar-refractivity contribution is 7.52. The fourth-order valence-corrected chi connectivity index (χ4v) is 4.45. The molecule has 33 heavy (non-hydrogen) atoms. The molecule has 0 unspecified atom stereocenters. The summed E-state index contributed by atoms with van der Waals surface area (Å²) < 4.78 is 40.8. The van der Waals surface area contributed by atoms with Crippen LogP contribution in [0.2, 0.25) is 0 Å². The minimum absolute atomic E-state index is 0.0344. The average molecular weight is 482 g/mol. The second kappa shape index (κ2) is 11.0. The van der Waals surface area contributed by atoms with Crippen LogP contribution in [0.1, 0.15) is 27.2 Å². The molecule has 1 aromatic rings. The van der Waals surface area contributed by atoms with E-state index in [4.69, 9.17) is 23.3 Å². The lowest BCUT2D eigenvalue weighted by Crippen LogP contribution is -2.41. The second-order valence-corrected chi connectivity index (χ2v) is 9.34. The number of carbonyl (C=O) groups is 3. The maximum atomic E-state index is 13.4. The van der Waals surface area contributed by atoms with Crippen LogP contribution < -0.4 is 9.61 Å². The highest BCUT2D eigenvalue weighted by Gasteiger charge is 2.38. The monoisotopic (exact) mass is 482 g/mol. The number of nitrogens with zero attached hydrogens (tertiary/aromatic N) is 1. The molecule has 180 valence electrons. The molecule has 0 bridgehead atoms. The Hall–Kier alpha value is -2.56. The van der Waals surface area contributed by atoms with Crippen LogP contribution >= 0.6 is 7.75 Å². The van der Waals surface area contributed by atoms with Crippen molar-refractivity contribution in [2.24, 2.45) is 0 Å². The van der Waals surface area contributed by atoms with Gasteiger partial charge >= 0.3 is 13.7 Å². The van der Waals surface area contributed by atoms with Gasteiger partial charge in [0.25, 0.3) is 0 Å². The van der Waals surface area contributed by atoms with Gasteiger partial charge in [-0.3, -0.25) is 23.8 Å². The fourth-order valence-electron chi connectivity index (χ4n) is 2.97. The first kappa shape index (κ1) is 25.1. The van der Waals surface area contributed by atoms with E-state index in [1.54, 1.807) is 44.2 Å². The maximum Gasteiger partial charge on any atom is 0.459 e. The van der Waals surface area contributed by atoms with Crippen molar-refractivity contribution in [1.82, 2.24) is 9.99 Å². The van der Waals surface area contributed by atoms with E-state index < -0.39 is 38.2 Å². The van der Waals surface area contributed by atoms with Crippen molar-refractivity contribution in [1.29, 1.82) is 0 Å². The molecule has 4 atom stereocenters. The number of esters is 1. The van der Waals surface area contributed by atoms with E-state index in [0.717, 1.165) is 0 Å². The van der Waals surface area contributed by atoms with Crippen molar-refractivity contribution in [2.45, 2.75) is 51.9 Å². The Morgan fingerprint density at radius 3 is 2.64 bits per heavy atom. The molecule has 0 aliphatic carbocycles. The van der Waals surface area contributed by atoms with E-state index in [9.17, 15) is 18.9 Å². The van der Waals surface area contributed by atoms with Gasteiger partial charge in [-0.1, -0.05) is 18.2 Å². The third-order valence-electron chi connectivity index (χ3n) is 4.48. The number of carbonyl (C=O) groups excluding carboxylic acids is 3. The topological polar surface area (TPSA) is 130 Å². The van der Waals surface area contributed by atoms with Gasteiger partial charge in [0.05, 0.1) is 19.1 Å². The van der Waals surface area contributed by atoms with Crippen LogP contribution in [0.4, 0.5) is 0 Å². The van der Waals surface area contributed by atoms with Crippen LogP contribution in [0.25, 0.3) is 0 Å². The molecule has 2 heterocycles. The van der Waals surface area contributed by atoms with Crippen LogP contribution in [-0.2, 0) is 37.7 Å². The number of allylic oxidation sites excluding steroid dienone is 1. The standard InChI is InChI=1S/C21H27N2O9P/c1-14(2)30-21(26)15(3)22-33(27,32-17-7-5-4-6-8-17)29-13-20-28-12-19(31-20)23-10-9-16(24)11-18(23)25/h4-10,14-15,19-20H,11-13H2,1-3H3,(H,22,27)/t15-,19-,20-,33-/m0/s1. The Balaban J connectivity index is 1.63. The minimum atomic E-state index is -4.07. The molecule has 2 aliphatic heterocycles. The molecule has 1 amide bonds. The summed E-state index contributed by atoms with van der Waals surface area (Å²) in [5.41, 5.74) is 0. The molecule has 0 saturated carbocycles. The Labute approximate surface area is 191 Å². The van der Waals surface area contributed by atoms with E-state index in [-0.39, 0.29) is 37.3 Å². The number of hydrogen-bond acceptors (Lipinski definition) is 9. The van der Waals surface area contributed by atoms with Crippen LogP contribution in [0.15, 0.2) is 42.6 Å². The van der Waals surface area contributed by atoms with Gasteiger partial charge in [-0.2, -0.15) is 5.09 Å². The number of benzene rings is 1. The fraction of sp³-hybridized carbons (Fsp3) is 0.476. The largest absolute Gasteiger partial charge is 0.462 e. The summed E-state index contributed by atoms with van der Waals surface area (Å²) in [5, 5.41) is 2.57. The van der Waals surface area contributed by atoms with Crippen molar-refractivity contribution in [3.8, 4) is 5.75 Å². The molecule has 12 heteroatoms. The third kappa shape index (κ3) is 7.21. The minimum Gasteiger partial charge on any atom is -0.462 e. The van der Waals surface area contributed by atoms with Crippen molar-refractivity contribution in [3.63, 3.8) is 0 Å². The smallest absolute Gasteiger partial charge is 0.459 e. The highest BCUT2D eigenvalue weighted by Crippen LogP contribution is 2.45. The lowest BCUT2D eigenvalue weighted by Gasteiger charge is -2.26. The van der Waals surface area contributed by atoms with E-state index in [1.807, 2.05) is 0 Å². The predicted octanol–water partition coefficient (Wildman–Crippen LogP) is 2.13. The van der Waals surface area contributed by atoms with Crippen LogP contribution in [0.5, 0.6) is 5.75 Å². The molecular formula is C21H27N2O9P. The Bertz CT molecular complexity index is 937. The summed E-state index contributed by atoms with van der Waals surface area (Å²) >= 11 is 0. The lowest BCUT2D eigenvalue weighted by atomic mass is 10.2. The summed E-state index contributed by atoms with van der Waals surface area (Å²) in [7, 11) is -4.07. The molecule has 1 saturated heterocycles. The molecule has 2 aliphatic rings. The van der Waals surface area contributed by atoms with E-state index >= 15 is 0 Å². The zero-order chi connectivity index (χ0) is 24.0. The Morgan fingerprint density at radius 2 is 1.97 bits per heavy atom. The van der Waals surface area contributed by atoms with Crippen molar-refractivity contribution >= 4 is 25.4 Å². The number of ether oxygens (including phenoxy) is 3. The molecule has 0 radical (unpaired) electrons. The van der Waals surface area contributed by atoms with Gasteiger partial charge in [0.15, 0.2) is 18.3 Å². The summed E-state index contributed by atoms with van der Waals surface area (Å²) in [4.78, 5) is 36.8. The average Bonchev–Trinajstić information content (AvgIpc) is 3.21. The quantitative estimate of drug-likeness (QED) is 0.301. The number of ketones is 1. The number of hydrogen-bond donors (Lipinski definition) is 1. The van der Waals surface area contributed by atoms with Gasteiger partial charge in [0.2, 0.25) is 5.91 Å². The molecular weight excluding hydrogens is 455 g/mol. The predicted molar refractivity (Wildman–Crippen MR) is 115 cm³/mol. The Kier molecular flexibility index (Phi) is 8.39.